The molecular weight excluding hydrogens is 350 g/mol. The van der Waals surface area contributed by atoms with Gasteiger partial charge in [-0.15, -0.1) is 0 Å². The van der Waals surface area contributed by atoms with Crippen LogP contribution in [0.5, 0.6) is 5.75 Å². The molecule has 0 bridgehead atoms. The fourth-order valence-corrected chi connectivity index (χ4v) is 3.82. The number of para-hydroxylation sites is 1. The smallest absolute Gasteiger partial charge is 0.251 e. The number of ether oxygens (including phenoxy) is 1. The number of nitrogens with one attached hydrogen (secondary N) is 1. The van der Waals surface area contributed by atoms with E-state index < -0.39 is 0 Å². The van der Waals surface area contributed by atoms with Crippen molar-refractivity contribution >= 4 is 5.91 Å². The summed E-state index contributed by atoms with van der Waals surface area (Å²) in [6, 6.07) is 17.4. The molecule has 2 heterocycles. The van der Waals surface area contributed by atoms with Crippen molar-refractivity contribution in [2.75, 3.05) is 0 Å². The second-order valence-corrected chi connectivity index (χ2v) is 8.02. The molecule has 1 N–H and O–H groups in total. The van der Waals surface area contributed by atoms with Crippen LogP contribution in [0.3, 0.4) is 0 Å². The van der Waals surface area contributed by atoms with Gasteiger partial charge in [-0.3, -0.25) is 4.79 Å². The van der Waals surface area contributed by atoms with E-state index in [0.29, 0.717) is 5.56 Å². The van der Waals surface area contributed by atoms with Crippen LogP contribution in [0, 0.1) is 13.8 Å². The van der Waals surface area contributed by atoms with E-state index in [4.69, 9.17) is 4.74 Å². The van der Waals surface area contributed by atoms with E-state index in [1.54, 1.807) is 0 Å². The lowest BCUT2D eigenvalue weighted by Crippen LogP contribution is -2.41. The van der Waals surface area contributed by atoms with E-state index >= 15 is 0 Å². The van der Waals surface area contributed by atoms with Gasteiger partial charge in [-0.25, -0.2) is 4.68 Å². The molecule has 0 radical (unpaired) electrons. The van der Waals surface area contributed by atoms with Crippen LogP contribution in [-0.4, -0.2) is 21.3 Å². The SMILES string of the molecule is Cc1cc(C)n(-c2ccc(C(=O)N[C@H]3CC(C)(C)Oc4ccccc43)cc2)n1. The van der Waals surface area contributed by atoms with Gasteiger partial charge in [0.2, 0.25) is 0 Å². The molecule has 28 heavy (non-hydrogen) atoms. The molecule has 1 atom stereocenters. The molecule has 1 aromatic heterocycles. The summed E-state index contributed by atoms with van der Waals surface area (Å²) in [6.45, 7) is 8.08. The Morgan fingerprint density at radius 3 is 2.54 bits per heavy atom. The number of aryl methyl sites for hydroxylation is 2. The lowest BCUT2D eigenvalue weighted by molar-refractivity contribution is 0.0619. The minimum Gasteiger partial charge on any atom is -0.487 e. The molecule has 1 amide bonds. The Labute approximate surface area is 165 Å². The zero-order valence-electron chi connectivity index (χ0n) is 16.7. The fourth-order valence-electron chi connectivity index (χ4n) is 3.82. The number of carbonyl (C=O) groups is 1. The van der Waals surface area contributed by atoms with Crippen molar-refractivity contribution in [2.45, 2.75) is 45.8 Å². The number of fused-ring (bicyclic) bond motifs is 1. The topological polar surface area (TPSA) is 56.2 Å². The molecule has 0 saturated heterocycles. The molecular formula is C23H25N3O2. The Bertz CT molecular complexity index is 1020. The average molecular weight is 375 g/mol. The molecule has 0 aliphatic carbocycles. The summed E-state index contributed by atoms with van der Waals surface area (Å²) in [5, 5.41) is 7.67. The Balaban J connectivity index is 1.55. The zero-order valence-corrected chi connectivity index (χ0v) is 16.7. The lowest BCUT2D eigenvalue weighted by Gasteiger charge is -2.37. The summed E-state index contributed by atoms with van der Waals surface area (Å²) < 4.78 is 7.94. The lowest BCUT2D eigenvalue weighted by atomic mass is 9.89. The van der Waals surface area contributed by atoms with Gasteiger partial charge in [0.1, 0.15) is 11.4 Å². The van der Waals surface area contributed by atoms with E-state index in [2.05, 4.69) is 10.4 Å². The Morgan fingerprint density at radius 2 is 1.86 bits per heavy atom. The van der Waals surface area contributed by atoms with Crippen molar-refractivity contribution in [2.24, 2.45) is 0 Å². The highest BCUT2D eigenvalue weighted by atomic mass is 16.5. The van der Waals surface area contributed by atoms with Crippen LogP contribution in [0.4, 0.5) is 0 Å². The summed E-state index contributed by atoms with van der Waals surface area (Å²) >= 11 is 0. The first-order chi connectivity index (χ1) is 13.3. The summed E-state index contributed by atoms with van der Waals surface area (Å²) in [5.41, 5.74) is 4.31. The van der Waals surface area contributed by atoms with Crippen molar-refractivity contribution in [1.82, 2.24) is 15.1 Å². The molecule has 0 unspecified atom stereocenters. The molecule has 4 rings (SSSR count). The Hall–Kier alpha value is -3.08. The van der Waals surface area contributed by atoms with Crippen LogP contribution in [0.1, 0.15) is 53.6 Å². The number of rotatable bonds is 3. The minimum absolute atomic E-state index is 0.0804. The van der Waals surface area contributed by atoms with Crippen LogP contribution >= 0.6 is 0 Å². The second kappa shape index (κ2) is 6.82. The van der Waals surface area contributed by atoms with Gasteiger partial charge in [-0.2, -0.15) is 5.10 Å². The number of amides is 1. The van der Waals surface area contributed by atoms with Crippen molar-refractivity contribution < 1.29 is 9.53 Å². The first-order valence-electron chi connectivity index (χ1n) is 9.55. The average Bonchev–Trinajstić information content (AvgIpc) is 2.99. The van der Waals surface area contributed by atoms with Gasteiger partial charge in [-0.1, -0.05) is 18.2 Å². The quantitative estimate of drug-likeness (QED) is 0.732. The number of aromatic nitrogens is 2. The maximum Gasteiger partial charge on any atom is 0.251 e. The van der Waals surface area contributed by atoms with E-state index in [0.717, 1.165) is 34.8 Å². The maximum atomic E-state index is 12.9. The van der Waals surface area contributed by atoms with E-state index in [-0.39, 0.29) is 17.6 Å². The van der Waals surface area contributed by atoms with Gasteiger partial charge in [0.05, 0.1) is 17.4 Å². The first-order valence-corrected chi connectivity index (χ1v) is 9.55. The van der Waals surface area contributed by atoms with Gasteiger partial charge < -0.3 is 10.1 Å². The number of carbonyl (C=O) groups excluding carboxylic acids is 1. The van der Waals surface area contributed by atoms with E-state index in [1.807, 2.05) is 87.0 Å². The maximum absolute atomic E-state index is 12.9. The molecule has 0 fully saturated rings. The largest absolute Gasteiger partial charge is 0.487 e. The zero-order chi connectivity index (χ0) is 19.9. The molecule has 1 aliphatic rings. The predicted octanol–water partition coefficient (Wildman–Crippen LogP) is 4.52. The third kappa shape index (κ3) is 3.52. The van der Waals surface area contributed by atoms with E-state index in [9.17, 15) is 4.79 Å². The highest BCUT2D eigenvalue weighted by molar-refractivity contribution is 5.94. The summed E-state index contributed by atoms with van der Waals surface area (Å²) in [7, 11) is 0. The van der Waals surface area contributed by atoms with Crippen LogP contribution < -0.4 is 10.1 Å². The van der Waals surface area contributed by atoms with Gasteiger partial charge in [0.15, 0.2) is 0 Å². The molecule has 5 nitrogen and oxygen atoms in total. The number of benzene rings is 2. The molecule has 1 aliphatic heterocycles. The molecule has 2 aromatic carbocycles. The van der Waals surface area contributed by atoms with Crippen molar-refractivity contribution in [1.29, 1.82) is 0 Å². The Morgan fingerprint density at radius 1 is 1.14 bits per heavy atom. The van der Waals surface area contributed by atoms with Gasteiger partial charge >= 0.3 is 0 Å². The third-order valence-electron chi connectivity index (χ3n) is 5.07. The third-order valence-corrected chi connectivity index (χ3v) is 5.07. The number of hydrogen-bond donors (Lipinski definition) is 1. The van der Waals surface area contributed by atoms with Gasteiger partial charge in [0.25, 0.3) is 5.91 Å². The minimum atomic E-state index is -0.328. The van der Waals surface area contributed by atoms with E-state index in [1.165, 1.54) is 0 Å². The normalized spacial score (nSPS) is 17.5. The fraction of sp³-hybridized carbons (Fsp3) is 0.304. The van der Waals surface area contributed by atoms with Crippen LogP contribution in [-0.2, 0) is 0 Å². The predicted molar refractivity (Wildman–Crippen MR) is 109 cm³/mol. The monoisotopic (exact) mass is 375 g/mol. The van der Waals surface area contributed by atoms with Crippen LogP contribution in [0.2, 0.25) is 0 Å². The molecule has 0 spiro atoms. The Kier molecular flexibility index (Phi) is 4.46. The van der Waals surface area contributed by atoms with Crippen molar-refractivity contribution in [3.63, 3.8) is 0 Å². The summed E-state index contributed by atoms with van der Waals surface area (Å²) in [5.74, 6) is 0.751. The van der Waals surface area contributed by atoms with Crippen LogP contribution in [0.15, 0.2) is 54.6 Å². The summed E-state index contributed by atoms with van der Waals surface area (Å²) in [6.07, 6.45) is 0.722. The summed E-state index contributed by atoms with van der Waals surface area (Å²) in [4.78, 5) is 12.9. The highest BCUT2D eigenvalue weighted by Gasteiger charge is 2.34. The van der Waals surface area contributed by atoms with Crippen molar-refractivity contribution in [3.05, 3.63) is 77.1 Å². The highest BCUT2D eigenvalue weighted by Crippen LogP contribution is 2.39. The number of hydrogen-bond acceptors (Lipinski definition) is 3. The molecule has 3 aromatic rings. The standard InChI is InChI=1S/C23H25N3O2/c1-15-13-16(2)26(25-15)18-11-9-17(10-12-18)22(27)24-20-14-23(3,4)28-21-8-6-5-7-19(20)21/h5-13,20H,14H2,1-4H3,(H,24,27)/t20-/m0/s1. The molecule has 144 valence electrons. The second-order valence-electron chi connectivity index (χ2n) is 8.02. The van der Waals surface area contributed by atoms with Gasteiger partial charge in [0, 0.05) is 23.2 Å². The van der Waals surface area contributed by atoms with Crippen molar-refractivity contribution in [3.8, 4) is 11.4 Å². The molecule has 0 saturated carbocycles. The molecule has 5 heteroatoms. The number of nitrogens with zero attached hydrogens (tertiary/aromatic N) is 2. The van der Waals surface area contributed by atoms with Gasteiger partial charge in [-0.05, 0) is 64.1 Å². The van der Waals surface area contributed by atoms with Crippen LogP contribution in [0.25, 0.3) is 5.69 Å². The first kappa shape index (κ1) is 18.3.